The van der Waals surface area contributed by atoms with Crippen molar-refractivity contribution in [2.24, 2.45) is 0 Å². The first-order chi connectivity index (χ1) is 13.7. The number of nitrogens with zero attached hydrogens (tertiary/aromatic N) is 1. The van der Waals surface area contributed by atoms with E-state index in [1.165, 1.54) is 0 Å². The van der Waals surface area contributed by atoms with E-state index in [4.69, 9.17) is 31.7 Å². The van der Waals surface area contributed by atoms with Crippen LogP contribution in [-0.2, 0) is 11.3 Å². The molecule has 0 aliphatic carbocycles. The van der Waals surface area contributed by atoms with Gasteiger partial charge < -0.3 is 25.1 Å². The Hall–Kier alpha value is -2.86. The van der Waals surface area contributed by atoms with E-state index in [-0.39, 0.29) is 23.9 Å². The summed E-state index contributed by atoms with van der Waals surface area (Å²) >= 11 is 6.36. The number of nitrogens with one attached hydrogen (secondary N) is 2. The van der Waals surface area contributed by atoms with Gasteiger partial charge in [-0.25, -0.2) is 0 Å². The molecule has 2 aromatic rings. The van der Waals surface area contributed by atoms with Crippen LogP contribution in [0.15, 0.2) is 36.4 Å². The Morgan fingerprint density at radius 3 is 2.72 bits per heavy atom. The smallest absolute Gasteiger partial charge is 0.489 e. The van der Waals surface area contributed by atoms with E-state index in [0.717, 1.165) is 5.56 Å². The average molecular weight is 412 g/mol. The van der Waals surface area contributed by atoms with E-state index in [1.54, 1.807) is 50.2 Å². The lowest BCUT2D eigenvalue weighted by Crippen LogP contribution is -2.55. The molecule has 0 fully saturated rings. The second-order valence-electron chi connectivity index (χ2n) is 7.00. The Morgan fingerprint density at radius 2 is 2.10 bits per heavy atom. The van der Waals surface area contributed by atoms with Gasteiger partial charge in [0, 0.05) is 16.7 Å². The molecule has 7 nitrogen and oxygen atoms in total. The standard InChI is InChI=1S/C20H19BClN3O4/c1-12(24)20(2,25-19(26)14-5-3-13(9-23)4-6-14)11-28-16-8-7-15-10-29-21(27)17(15)18(16)22/h3-8,24,27H,10-11H2,1-2H3,(H,25,26)/t20-/m1/s1. The first-order valence-electron chi connectivity index (χ1n) is 8.87. The van der Waals surface area contributed by atoms with Crippen molar-refractivity contribution in [3.63, 3.8) is 0 Å². The predicted octanol–water partition coefficient (Wildman–Crippen LogP) is 2.04. The minimum atomic E-state index is -1.10. The van der Waals surface area contributed by atoms with Crippen molar-refractivity contribution in [2.75, 3.05) is 6.61 Å². The number of halogens is 1. The largest absolute Gasteiger partial charge is 0.493 e. The van der Waals surface area contributed by atoms with Crippen molar-refractivity contribution in [3.8, 4) is 11.8 Å². The molecule has 3 N–H and O–H groups in total. The van der Waals surface area contributed by atoms with E-state index in [9.17, 15) is 9.82 Å². The van der Waals surface area contributed by atoms with Gasteiger partial charge in [-0.15, -0.1) is 0 Å². The summed E-state index contributed by atoms with van der Waals surface area (Å²) in [6.45, 7) is 3.48. The molecule has 3 rings (SSSR count). The number of rotatable bonds is 6. The first-order valence-corrected chi connectivity index (χ1v) is 9.25. The Balaban J connectivity index is 1.76. The highest BCUT2D eigenvalue weighted by atomic mass is 35.5. The lowest BCUT2D eigenvalue weighted by Gasteiger charge is -2.30. The fourth-order valence-electron chi connectivity index (χ4n) is 2.85. The number of carbonyl (C=O) groups is 1. The number of carbonyl (C=O) groups excluding carboxylic acids is 1. The van der Waals surface area contributed by atoms with Crippen molar-refractivity contribution >= 4 is 35.8 Å². The van der Waals surface area contributed by atoms with Gasteiger partial charge in [-0.3, -0.25) is 4.79 Å². The van der Waals surface area contributed by atoms with Gasteiger partial charge in [-0.2, -0.15) is 5.26 Å². The molecule has 0 unspecified atom stereocenters. The van der Waals surface area contributed by atoms with Crippen molar-refractivity contribution in [3.05, 3.63) is 58.1 Å². The van der Waals surface area contributed by atoms with Crippen LogP contribution in [0, 0.1) is 16.7 Å². The van der Waals surface area contributed by atoms with Crippen LogP contribution in [-0.4, -0.2) is 35.9 Å². The predicted molar refractivity (Wildman–Crippen MR) is 110 cm³/mol. The van der Waals surface area contributed by atoms with Crippen LogP contribution in [0.1, 0.15) is 35.3 Å². The zero-order valence-corrected chi connectivity index (χ0v) is 16.7. The molecule has 0 saturated carbocycles. The van der Waals surface area contributed by atoms with E-state index in [0.29, 0.717) is 22.3 Å². The number of hydrogen-bond donors (Lipinski definition) is 3. The fourth-order valence-corrected chi connectivity index (χ4v) is 3.18. The summed E-state index contributed by atoms with van der Waals surface area (Å²) in [5.74, 6) is -0.0638. The maximum absolute atomic E-state index is 12.6. The molecule has 1 atom stereocenters. The lowest BCUT2D eigenvalue weighted by atomic mass is 9.79. The van der Waals surface area contributed by atoms with Gasteiger partial charge in [-0.05, 0) is 49.7 Å². The van der Waals surface area contributed by atoms with Crippen molar-refractivity contribution in [2.45, 2.75) is 26.0 Å². The summed E-state index contributed by atoms with van der Waals surface area (Å²) in [7, 11) is -1.10. The quantitative estimate of drug-likeness (QED) is 0.497. The number of hydrogen-bond acceptors (Lipinski definition) is 6. The third-order valence-corrected chi connectivity index (χ3v) is 5.28. The van der Waals surface area contributed by atoms with Crippen LogP contribution in [0.5, 0.6) is 5.75 Å². The maximum Gasteiger partial charge on any atom is 0.493 e. The Morgan fingerprint density at radius 1 is 1.41 bits per heavy atom. The number of fused-ring (bicyclic) bond motifs is 1. The third-order valence-electron chi connectivity index (χ3n) is 4.89. The van der Waals surface area contributed by atoms with Crippen LogP contribution < -0.4 is 15.5 Å². The molecule has 0 saturated heterocycles. The monoisotopic (exact) mass is 411 g/mol. The molecular formula is C20H19BClN3O4. The van der Waals surface area contributed by atoms with E-state index >= 15 is 0 Å². The average Bonchev–Trinajstić information content (AvgIpc) is 3.09. The van der Waals surface area contributed by atoms with E-state index in [1.807, 2.05) is 6.07 Å². The molecule has 0 radical (unpaired) electrons. The van der Waals surface area contributed by atoms with Gasteiger partial charge in [0.15, 0.2) is 0 Å². The summed E-state index contributed by atoms with van der Waals surface area (Å²) < 4.78 is 11.0. The summed E-state index contributed by atoms with van der Waals surface area (Å²) in [6, 6.07) is 11.6. The topological polar surface area (TPSA) is 115 Å². The second-order valence-corrected chi connectivity index (χ2v) is 7.38. The number of nitriles is 1. The van der Waals surface area contributed by atoms with E-state index < -0.39 is 18.6 Å². The zero-order chi connectivity index (χ0) is 21.2. The van der Waals surface area contributed by atoms with Crippen LogP contribution in [0.25, 0.3) is 0 Å². The van der Waals surface area contributed by atoms with Gasteiger partial charge in [0.1, 0.15) is 17.9 Å². The maximum atomic E-state index is 12.6. The van der Waals surface area contributed by atoms with Crippen LogP contribution in [0.3, 0.4) is 0 Å². The molecule has 2 aromatic carbocycles. The summed E-state index contributed by atoms with van der Waals surface area (Å²) in [5, 5.41) is 30.0. The molecule has 0 bridgehead atoms. The third kappa shape index (κ3) is 4.27. The molecule has 0 aromatic heterocycles. The Bertz CT molecular complexity index is 1010. The van der Waals surface area contributed by atoms with Gasteiger partial charge in [0.05, 0.1) is 23.3 Å². The number of ether oxygens (including phenoxy) is 1. The highest BCUT2D eigenvalue weighted by Crippen LogP contribution is 2.28. The second kappa shape index (κ2) is 8.25. The first kappa shape index (κ1) is 20.9. The normalized spacial score (nSPS) is 14.5. The van der Waals surface area contributed by atoms with Crippen LogP contribution >= 0.6 is 11.6 Å². The SMILES string of the molecule is CC(=N)[C@@](C)(COc1ccc2c(c1Cl)B(O)OC2)NC(=O)c1ccc(C#N)cc1. The lowest BCUT2D eigenvalue weighted by molar-refractivity contribution is 0.0906. The molecule has 1 amide bonds. The van der Waals surface area contributed by atoms with Gasteiger partial charge in [0.25, 0.3) is 5.91 Å². The van der Waals surface area contributed by atoms with Gasteiger partial charge >= 0.3 is 7.12 Å². The Kier molecular flexibility index (Phi) is 5.94. The van der Waals surface area contributed by atoms with Crippen molar-refractivity contribution < 1.29 is 19.2 Å². The molecule has 1 heterocycles. The van der Waals surface area contributed by atoms with Crippen LogP contribution in [0.2, 0.25) is 5.02 Å². The number of benzene rings is 2. The minimum absolute atomic E-state index is 0.0419. The van der Waals surface area contributed by atoms with Gasteiger partial charge in [-0.1, -0.05) is 17.7 Å². The van der Waals surface area contributed by atoms with E-state index in [2.05, 4.69) is 5.32 Å². The highest BCUT2D eigenvalue weighted by Gasteiger charge is 2.34. The summed E-state index contributed by atoms with van der Waals surface area (Å²) in [6.07, 6.45) is 0. The molecular weight excluding hydrogens is 393 g/mol. The molecule has 148 valence electrons. The molecule has 1 aliphatic heterocycles. The van der Waals surface area contributed by atoms with Crippen molar-refractivity contribution in [1.82, 2.24) is 5.32 Å². The summed E-state index contributed by atoms with van der Waals surface area (Å²) in [4.78, 5) is 12.6. The minimum Gasteiger partial charge on any atom is -0.489 e. The van der Waals surface area contributed by atoms with Crippen LogP contribution in [0.4, 0.5) is 0 Å². The Labute approximate surface area is 173 Å². The van der Waals surface area contributed by atoms with Crippen molar-refractivity contribution in [1.29, 1.82) is 10.7 Å². The molecule has 1 aliphatic rings. The number of amides is 1. The summed E-state index contributed by atoms with van der Waals surface area (Å²) in [5.41, 5.74) is 1.18. The fraction of sp³-hybridized carbons (Fsp3) is 0.250. The zero-order valence-electron chi connectivity index (χ0n) is 16.0. The highest BCUT2D eigenvalue weighted by molar-refractivity contribution is 6.65. The van der Waals surface area contributed by atoms with Gasteiger partial charge in [0.2, 0.25) is 0 Å². The molecule has 9 heteroatoms. The molecule has 29 heavy (non-hydrogen) atoms. The molecule has 0 spiro atoms.